The molecule has 0 radical (unpaired) electrons. The zero-order chi connectivity index (χ0) is 7.84. The van der Waals surface area contributed by atoms with Crippen molar-refractivity contribution in [3.8, 4) is 0 Å². The molecule has 0 unspecified atom stereocenters. The Labute approximate surface area is 67.5 Å². The van der Waals surface area contributed by atoms with Crippen molar-refractivity contribution in [2.24, 2.45) is 0 Å². The summed E-state index contributed by atoms with van der Waals surface area (Å²) < 4.78 is 0. The maximum Gasteiger partial charge on any atom is 0.0458 e. The van der Waals surface area contributed by atoms with Crippen LogP contribution in [0.3, 0.4) is 0 Å². The molecule has 0 fully saturated rings. The van der Waals surface area contributed by atoms with Gasteiger partial charge in [-0.3, -0.25) is 0 Å². The normalized spacial score (nSPS) is 10.7. The Morgan fingerprint density at radius 2 is 2.00 bits per heavy atom. The quantitative estimate of drug-likeness (QED) is 0.589. The lowest BCUT2D eigenvalue weighted by atomic mass is 10.2. The molecule has 58 valence electrons. The molecule has 1 N–H and O–H groups in total. The number of nitrogens with one attached hydrogen (secondary N) is 1. The highest BCUT2D eigenvalue weighted by molar-refractivity contribution is 5.80. The maximum atomic E-state index is 3.30. The first-order chi connectivity index (χ1) is 5.25. The summed E-state index contributed by atoms with van der Waals surface area (Å²) in [5.74, 6) is 0. The lowest BCUT2D eigenvalue weighted by molar-refractivity contribution is 1.30. The monoisotopic (exact) mass is 147 g/mol. The molecule has 0 spiro atoms. The number of H-pyrrole nitrogens is 1. The Hall–Kier alpha value is -1.24. The predicted octanol–water partition coefficient (Wildman–Crippen LogP) is 3.03. The zero-order valence-corrected chi connectivity index (χ0v) is 6.81. The van der Waals surface area contributed by atoms with Gasteiger partial charge in [-0.15, -0.1) is 0 Å². The molecule has 0 atom stereocenters. The van der Waals surface area contributed by atoms with E-state index in [-0.39, 0.29) is 1.43 Å². The van der Waals surface area contributed by atoms with Crippen LogP contribution < -0.4 is 0 Å². The number of aromatic amines is 1. The number of aryl methyl sites for hydroxylation is 2. The van der Waals surface area contributed by atoms with Gasteiger partial charge in [0.2, 0.25) is 0 Å². The Morgan fingerprint density at radius 3 is 2.82 bits per heavy atom. The van der Waals surface area contributed by atoms with Crippen molar-refractivity contribution in [3.05, 3.63) is 35.5 Å². The third kappa shape index (κ3) is 1.03. The summed E-state index contributed by atoms with van der Waals surface area (Å²) in [6, 6.07) is 8.61. The highest BCUT2D eigenvalue weighted by Gasteiger charge is 1.95. The Balaban J connectivity index is 0.000000720. The van der Waals surface area contributed by atoms with E-state index in [1.165, 1.54) is 22.2 Å². The Morgan fingerprint density at radius 1 is 1.18 bits per heavy atom. The molecular formula is C10H13N. The van der Waals surface area contributed by atoms with Crippen LogP contribution in [0, 0.1) is 13.8 Å². The van der Waals surface area contributed by atoms with E-state index in [4.69, 9.17) is 0 Å². The summed E-state index contributed by atoms with van der Waals surface area (Å²) in [6.07, 6.45) is 0. The number of fused-ring (bicyclic) bond motifs is 1. The second kappa shape index (κ2) is 2.12. The van der Waals surface area contributed by atoms with Crippen LogP contribution in [-0.2, 0) is 0 Å². The summed E-state index contributed by atoms with van der Waals surface area (Å²) in [5, 5.41) is 1.30. The molecule has 0 saturated heterocycles. The number of benzene rings is 1. The number of aromatic nitrogens is 1. The molecule has 1 aromatic carbocycles. The first kappa shape index (κ1) is 6.47. The van der Waals surface area contributed by atoms with Crippen molar-refractivity contribution in [2.75, 3.05) is 0 Å². The second-order valence-corrected chi connectivity index (χ2v) is 3.04. The van der Waals surface area contributed by atoms with E-state index >= 15 is 0 Å². The van der Waals surface area contributed by atoms with Gasteiger partial charge in [-0.1, -0.05) is 12.1 Å². The number of hydrogen-bond acceptors (Lipinski definition) is 0. The third-order valence-corrected chi connectivity index (χ3v) is 1.91. The van der Waals surface area contributed by atoms with Crippen molar-refractivity contribution in [2.45, 2.75) is 13.8 Å². The van der Waals surface area contributed by atoms with Gasteiger partial charge >= 0.3 is 0 Å². The Kier molecular flexibility index (Phi) is 1.25. The fourth-order valence-corrected chi connectivity index (χ4v) is 1.39. The van der Waals surface area contributed by atoms with E-state index in [1.807, 2.05) is 0 Å². The van der Waals surface area contributed by atoms with Crippen molar-refractivity contribution in [3.63, 3.8) is 0 Å². The molecule has 0 aliphatic heterocycles. The van der Waals surface area contributed by atoms with E-state index < -0.39 is 0 Å². The molecule has 2 rings (SSSR count). The van der Waals surface area contributed by atoms with E-state index in [0.29, 0.717) is 0 Å². The SMILES string of the molecule is Cc1ccc2cc(C)[nH]c2c1.[HH]. The summed E-state index contributed by atoms with van der Waals surface area (Å²) in [7, 11) is 0. The summed E-state index contributed by atoms with van der Waals surface area (Å²) in [4.78, 5) is 3.30. The molecule has 1 nitrogen and oxygen atoms in total. The minimum Gasteiger partial charge on any atom is -0.359 e. The number of hydrogen-bond donors (Lipinski definition) is 1. The van der Waals surface area contributed by atoms with Gasteiger partial charge in [-0.25, -0.2) is 0 Å². The third-order valence-electron chi connectivity index (χ3n) is 1.91. The van der Waals surface area contributed by atoms with Crippen LogP contribution in [0.15, 0.2) is 24.3 Å². The van der Waals surface area contributed by atoms with E-state index in [1.54, 1.807) is 0 Å². The van der Waals surface area contributed by atoms with Gasteiger partial charge in [-0.2, -0.15) is 0 Å². The maximum absolute atomic E-state index is 3.30. The predicted molar refractivity (Wildman–Crippen MR) is 49.9 cm³/mol. The summed E-state index contributed by atoms with van der Waals surface area (Å²) in [6.45, 7) is 4.19. The van der Waals surface area contributed by atoms with Gasteiger partial charge in [0, 0.05) is 12.6 Å². The zero-order valence-electron chi connectivity index (χ0n) is 6.81. The molecule has 2 aromatic rings. The van der Waals surface area contributed by atoms with Crippen molar-refractivity contribution < 1.29 is 1.43 Å². The van der Waals surface area contributed by atoms with E-state index in [0.717, 1.165) is 0 Å². The Bertz CT molecular complexity index is 390. The van der Waals surface area contributed by atoms with Crippen molar-refractivity contribution in [1.82, 2.24) is 4.98 Å². The number of rotatable bonds is 0. The molecule has 0 amide bonds. The molecule has 1 aromatic heterocycles. The van der Waals surface area contributed by atoms with Crippen LogP contribution in [0.2, 0.25) is 0 Å². The molecule has 1 heterocycles. The van der Waals surface area contributed by atoms with Gasteiger partial charge in [0.05, 0.1) is 0 Å². The minimum absolute atomic E-state index is 0. The van der Waals surface area contributed by atoms with Gasteiger partial charge in [0.15, 0.2) is 0 Å². The van der Waals surface area contributed by atoms with E-state index in [2.05, 4.69) is 43.1 Å². The second-order valence-electron chi connectivity index (χ2n) is 3.04. The standard InChI is InChI=1S/C10H11N.H2/c1-7-3-4-9-6-8(2)11-10(9)5-7;/h3-6,11H,1-2H3;1H. The molecule has 1 heteroatoms. The smallest absolute Gasteiger partial charge is 0.0458 e. The van der Waals surface area contributed by atoms with Gasteiger partial charge in [-0.05, 0) is 36.9 Å². The molecule has 0 bridgehead atoms. The van der Waals surface area contributed by atoms with Crippen LogP contribution in [-0.4, -0.2) is 4.98 Å². The highest BCUT2D eigenvalue weighted by Crippen LogP contribution is 2.15. The average molecular weight is 147 g/mol. The first-order valence-corrected chi connectivity index (χ1v) is 3.82. The van der Waals surface area contributed by atoms with Crippen molar-refractivity contribution in [1.29, 1.82) is 0 Å². The lowest BCUT2D eigenvalue weighted by Gasteiger charge is -1.90. The first-order valence-electron chi connectivity index (χ1n) is 3.82. The van der Waals surface area contributed by atoms with Gasteiger partial charge in [0.1, 0.15) is 0 Å². The lowest BCUT2D eigenvalue weighted by Crippen LogP contribution is -1.71. The van der Waals surface area contributed by atoms with Gasteiger partial charge < -0.3 is 4.98 Å². The average Bonchev–Trinajstić information content (AvgIpc) is 2.27. The van der Waals surface area contributed by atoms with Gasteiger partial charge in [0.25, 0.3) is 0 Å². The van der Waals surface area contributed by atoms with Crippen molar-refractivity contribution >= 4 is 10.9 Å². The van der Waals surface area contributed by atoms with Crippen LogP contribution in [0.5, 0.6) is 0 Å². The minimum atomic E-state index is 0. The van der Waals surface area contributed by atoms with Crippen LogP contribution in [0.4, 0.5) is 0 Å². The fourth-order valence-electron chi connectivity index (χ4n) is 1.39. The largest absolute Gasteiger partial charge is 0.359 e. The molecule has 0 aliphatic rings. The molecule has 0 saturated carbocycles. The summed E-state index contributed by atoms with van der Waals surface area (Å²) in [5.41, 5.74) is 3.77. The molecular weight excluding hydrogens is 134 g/mol. The molecule has 11 heavy (non-hydrogen) atoms. The van der Waals surface area contributed by atoms with Crippen LogP contribution in [0.1, 0.15) is 12.7 Å². The summed E-state index contributed by atoms with van der Waals surface area (Å²) >= 11 is 0. The topological polar surface area (TPSA) is 15.8 Å². The van der Waals surface area contributed by atoms with E-state index in [9.17, 15) is 0 Å². The fraction of sp³-hybridized carbons (Fsp3) is 0.200. The highest BCUT2D eigenvalue weighted by atomic mass is 14.7. The molecule has 0 aliphatic carbocycles. The van der Waals surface area contributed by atoms with Crippen LogP contribution in [0.25, 0.3) is 10.9 Å². The van der Waals surface area contributed by atoms with Crippen LogP contribution >= 0.6 is 0 Å².